The maximum absolute atomic E-state index is 13.5. The van der Waals surface area contributed by atoms with Gasteiger partial charge in [-0.3, -0.25) is 4.28 Å². The van der Waals surface area contributed by atoms with Crippen molar-refractivity contribution in [2.45, 2.75) is 23.6 Å². The molecule has 0 N–H and O–H groups in total. The Kier molecular flexibility index (Phi) is 6.90. The van der Waals surface area contributed by atoms with Gasteiger partial charge in [-0.15, -0.1) is 0 Å². The van der Waals surface area contributed by atoms with Crippen molar-refractivity contribution in [3.05, 3.63) is 29.8 Å². The number of benzene rings is 1. The Balaban J connectivity index is 3.21. The Morgan fingerprint density at radius 1 is 0.967 bits per heavy atom. The van der Waals surface area contributed by atoms with Crippen LogP contribution < -0.4 is 4.74 Å². The molecule has 0 bridgehead atoms. The van der Waals surface area contributed by atoms with E-state index in [9.17, 15) is 47.9 Å². The quantitative estimate of drug-likeness (QED) is 0.324. The average molecular weight is 474 g/mol. The van der Waals surface area contributed by atoms with Crippen LogP contribution in [0.3, 0.4) is 0 Å². The first-order chi connectivity index (χ1) is 13.4. The van der Waals surface area contributed by atoms with Gasteiger partial charge < -0.3 is 4.74 Å². The van der Waals surface area contributed by atoms with Crippen molar-refractivity contribution in [3.8, 4) is 11.8 Å². The van der Waals surface area contributed by atoms with E-state index in [2.05, 4.69) is 9.44 Å². The molecule has 0 saturated heterocycles. The van der Waals surface area contributed by atoms with Crippen molar-refractivity contribution in [2.75, 3.05) is 7.11 Å². The monoisotopic (exact) mass is 474 g/mol. The van der Waals surface area contributed by atoms with Crippen LogP contribution in [0, 0.1) is 11.3 Å². The predicted octanol–water partition coefficient (Wildman–Crippen LogP) is 3.63. The summed E-state index contributed by atoms with van der Waals surface area (Å²) in [5.74, 6) is 0.221. The van der Waals surface area contributed by atoms with E-state index in [0.29, 0.717) is 0 Å². The number of rotatable bonds is 8. The third kappa shape index (κ3) is 5.05. The topological polar surface area (TPSA) is 98.0 Å². The zero-order valence-corrected chi connectivity index (χ0v) is 14.9. The first kappa shape index (κ1) is 25.3. The lowest BCUT2D eigenvalue weighted by Crippen LogP contribution is -2.55. The van der Waals surface area contributed by atoms with Gasteiger partial charge in [-0.05, 0) is 24.3 Å². The van der Waals surface area contributed by atoms with E-state index in [0.717, 1.165) is 18.2 Å². The second-order valence-corrected chi connectivity index (χ2v) is 6.53. The molecule has 0 heterocycles. The van der Waals surface area contributed by atoms with Crippen LogP contribution in [0.15, 0.2) is 29.4 Å². The van der Waals surface area contributed by atoms with E-state index >= 15 is 0 Å². The summed E-state index contributed by atoms with van der Waals surface area (Å²) in [7, 11) is -5.79. The highest BCUT2D eigenvalue weighted by Gasteiger charge is 2.76. The smallest absolute Gasteiger partial charge is 0.483 e. The van der Waals surface area contributed by atoms with Crippen LogP contribution in [0.25, 0.3) is 0 Å². The third-order valence-corrected chi connectivity index (χ3v) is 4.07. The minimum Gasteiger partial charge on any atom is -0.497 e. The van der Waals surface area contributed by atoms with Crippen molar-refractivity contribution >= 4 is 15.8 Å². The molecule has 1 aromatic rings. The molecule has 0 radical (unpaired) electrons. The van der Waals surface area contributed by atoms with E-state index in [1.54, 1.807) is 4.74 Å². The Morgan fingerprint density at radius 2 is 1.47 bits per heavy atom. The summed E-state index contributed by atoms with van der Waals surface area (Å²) in [6.07, 6.45) is -20.6. The number of ether oxygens (including phenoxy) is 2. The zero-order valence-electron chi connectivity index (χ0n) is 14.1. The lowest BCUT2D eigenvalue weighted by Gasteiger charge is -2.28. The number of hydrogen-bond donors (Lipinski definition) is 0. The molecule has 0 atom stereocenters. The summed E-state index contributed by atoms with van der Waals surface area (Å²) in [6, 6.07) is 5.61. The van der Waals surface area contributed by atoms with Gasteiger partial charge in [0, 0.05) is 5.56 Å². The third-order valence-electron chi connectivity index (χ3n) is 2.94. The fraction of sp³-hybridized carbons (Fsp3) is 0.385. The molecule has 0 aromatic heterocycles. The largest absolute Gasteiger partial charge is 0.497 e. The highest BCUT2D eigenvalue weighted by Crippen LogP contribution is 2.47. The first-order valence-electron chi connectivity index (χ1n) is 6.88. The first-order valence-corrected chi connectivity index (χ1v) is 8.28. The van der Waals surface area contributed by atoms with E-state index in [1.807, 2.05) is 0 Å². The molecular weight excluding hydrogens is 467 g/mol. The van der Waals surface area contributed by atoms with Gasteiger partial charge in [0.25, 0.3) is 0 Å². The molecule has 1 aromatic carbocycles. The minimum atomic E-state index is -7.03. The molecule has 0 amide bonds. The standard InChI is InChI=1S/C13H7F9N2O5S/c1-27-8-4-2-7(3-5-8)9(6-23)24-29-30(25,26)13(21,22)12(19,20)28-11(17,18)10(14,15)16/h2-5H,1H3. The van der Waals surface area contributed by atoms with Gasteiger partial charge in [-0.2, -0.15) is 53.2 Å². The molecular formula is C13H7F9N2O5S. The highest BCUT2D eigenvalue weighted by molar-refractivity contribution is 7.87. The van der Waals surface area contributed by atoms with Crippen LogP contribution in [0.4, 0.5) is 39.5 Å². The Bertz CT molecular complexity index is 937. The Labute approximate surface area is 161 Å². The van der Waals surface area contributed by atoms with Gasteiger partial charge in [0.15, 0.2) is 5.71 Å². The minimum absolute atomic E-state index is 0.221. The summed E-state index contributed by atoms with van der Waals surface area (Å²) < 4.78 is 146. The van der Waals surface area contributed by atoms with Gasteiger partial charge in [0.1, 0.15) is 11.8 Å². The zero-order chi connectivity index (χ0) is 23.6. The van der Waals surface area contributed by atoms with Gasteiger partial charge in [-0.1, -0.05) is 5.16 Å². The highest BCUT2D eigenvalue weighted by atomic mass is 32.2. The van der Waals surface area contributed by atoms with Crippen molar-refractivity contribution in [3.63, 3.8) is 0 Å². The normalized spacial score (nSPS) is 14.2. The molecule has 0 unspecified atom stereocenters. The molecule has 0 fully saturated rings. The van der Waals surface area contributed by atoms with Crippen molar-refractivity contribution in [1.82, 2.24) is 0 Å². The molecule has 17 heteroatoms. The molecule has 0 aliphatic heterocycles. The SMILES string of the molecule is COc1ccc(C(C#N)=NOS(=O)(=O)C(F)(F)C(F)(F)OC(F)(F)C(F)(F)F)cc1. The molecule has 0 saturated carbocycles. The van der Waals surface area contributed by atoms with Gasteiger partial charge >= 0.3 is 33.8 Å². The van der Waals surface area contributed by atoms with Gasteiger partial charge in [-0.25, -0.2) is 4.74 Å². The van der Waals surface area contributed by atoms with E-state index < -0.39 is 39.5 Å². The van der Waals surface area contributed by atoms with Gasteiger partial charge in [0.05, 0.1) is 7.11 Å². The van der Waals surface area contributed by atoms with E-state index in [1.165, 1.54) is 19.2 Å². The number of nitrogens with zero attached hydrogens (tertiary/aromatic N) is 2. The van der Waals surface area contributed by atoms with Crippen LogP contribution in [-0.4, -0.2) is 44.9 Å². The van der Waals surface area contributed by atoms with Gasteiger partial charge in [0.2, 0.25) is 0 Å². The second-order valence-electron chi connectivity index (χ2n) is 4.96. The van der Waals surface area contributed by atoms with Crippen molar-refractivity contribution < 1.29 is 61.7 Å². The van der Waals surface area contributed by atoms with Crippen LogP contribution in [0.2, 0.25) is 0 Å². The molecule has 30 heavy (non-hydrogen) atoms. The molecule has 0 aliphatic carbocycles. The molecule has 1 rings (SSSR count). The van der Waals surface area contributed by atoms with Crippen LogP contribution in [-0.2, 0) is 19.1 Å². The molecule has 0 aliphatic rings. The van der Waals surface area contributed by atoms with Crippen LogP contribution in [0.5, 0.6) is 5.75 Å². The molecule has 7 nitrogen and oxygen atoms in total. The average Bonchev–Trinajstić information content (AvgIpc) is 2.60. The Hall–Kier alpha value is -2.74. The Morgan fingerprint density at radius 3 is 1.87 bits per heavy atom. The lowest BCUT2D eigenvalue weighted by molar-refractivity contribution is -0.476. The maximum Gasteiger partial charge on any atom is 0.483 e. The number of oxime groups is 1. The number of halogens is 9. The van der Waals surface area contributed by atoms with Crippen LogP contribution in [0.1, 0.15) is 5.56 Å². The van der Waals surface area contributed by atoms with Crippen LogP contribution >= 0.6 is 0 Å². The summed E-state index contributed by atoms with van der Waals surface area (Å²) in [4.78, 5) is 0. The second kappa shape index (κ2) is 8.18. The number of nitriles is 1. The molecule has 0 spiro atoms. The fourth-order valence-electron chi connectivity index (χ4n) is 1.44. The lowest BCUT2D eigenvalue weighted by atomic mass is 10.1. The number of methoxy groups -OCH3 is 1. The molecule has 168 valence electrons. The fourth-order valence-corrected chi connectivity index (χ4v) is 2.04. The van der Waals surface area contributed by atoms with Crippen molar-refractivity contribution in [1.29, 1.82) is 5.26 Å². The predicted molar refractivity (Wildman–Crippen MR) is 77.1 cm³/mol. The summed E-state index contributed by atoms with van der Waals surface area (Å²) >= 11 is 0. The summed E-state index contributed by atoms with van der Waals surface area (Å²) in [6.45, 7) is 0. The maximum atomic E-state index is 13.5. The summed E-state index contributed by atoms with van der Waals surface area (Å²) in [5, 5.41) is 4.47. The van der Waals surface area contributed by atoms with Crippen molar-refractivity contribution in [2.24, 2.45) is 5.16 Å². The summed E-state index contributed by atoms with van der Waals surface area (Å²) in [5.41, 5.74) is -1.36. The number of alkyl halides is 9. The number of hydrogen-bond acceptors (Lipinski definition) is 7. The van der Waals surface area contributed by atoms with E-state index in [4.69, 9.17) is 10.00 Å². The van der Waals surface area contributed by atoms with E-state index in [-0.39, 0.29) is 11.3 Å².